The number of aliphatic carboxylic acids is 1. The SMILES string of the molecule is O=C(NC1c2cccc(O)c2CC1C(=O)O)c1ccc(Nn2ccnc2)cc1. The van der Waals surface area contributed by atoms with Gasteiger partial charge in [-0.3, -0.25) is 19.7 Å². The molecule has 142 valence electrons. The number of benzene rings is 2. The number of aromatic nitrogens is 2. The van der Waals surface area contributed by atoms with E-state index in [2.05, 4.69) is 15.7 Å². The van der Waals surface area contributed by atoms with Gasteiger partial charge in [-0.1, -0.05) is 12.1 Å². The van der Waals surface area contributed by atoms with Gasteiger partial charge in [0.15, 0.2) is 0 Å². The number of rotatable bonds is 5. The van der Waals surface area contributed by atoms with E-state index in [1.807, 2.05) is 0 Å². The zero-order valence-corrected chi connectivity index (χ0v) is 14.7. The van der Waals surface area contributed by atoms with Gasteiger partial charge in [-0.15, -0.1) is 0 Å². The van der Waals surface area contributed by atoms with E-state index in [0.29, 0.717) is 16.7 Å². The molecule has 28 heavy (non-hydrogen) atoms. The predicted octanol–water partition coefficient (Wildman–Crippen LogP) is 2.19. The third-order valence-corrected chi connectivity index (χ3v) is 4.86. The van der Waals surface area contributed by atoms with Gasteiger partial charge in [-0.2, -0.15) is 0 Å². The molecule has 8 nitrogen and oxygen atoms in total. The molecule has 2 aromatic carbocycles. The van der Waals surface area contributed by atoms with Crippen LogP contribution in [0.25, 0.3) is 0 Å². The van der Waals surface area contributed by atoms with E-state index in [-0.39, 0.29) is 18.1 Å². The zero-order chi connectivity index (χ0) is 19.7. The Balaban J connectivity index is 1.52. The molecule has 4 N–H and O–H groups in total. The molecule has 0 saturated carbocycles. The second-order valence-electron chi connectivity index (χ2n) is 6.60. The van der Waals surface area contributed by atoms with Crippen LogP contribution >= 0.6 is 0 Å². The van der Waals surface area contributed by atoms with Gasteiger partial charge in [0.1, 0.15) is 12.1 Å². The van der Waals surface area contributed by atoms with Crippen LogP contribution in [0.4, 0.5) is 5.69 Å². The first-order valence-corrected chi connectivity index (χ1v) is 8.72. The van der Waals surface area contributed by atoms with Gasteiger partial charge in [-0.05, 0) is 42.3 Å². The van der Waals surface area contributed by atoms with Gasteiger partial charge < -0.3 is 15.5 Å². The highest BCUT2D eigenvalue weighted by atomic mass is 16.4. The molecule has 0 aliphatic heterocycles. The topological polar surface area (TPSA) is 116 Å². The predicted molar refractivity (Wildman–Crippen MR) is 101 cm³/mol. The van der Waals surface area contributed by atoms with E-state index in [4.69, 9.17) is 0 Å². The molecular weight excluding hydrogens is 360 g/mol. The Morgan fingerprint density at radius 1 is 1.14 bits per heavy atom. The van der Waals surface area contributed by atoms with Crippen LogP contribution in [0.2, 0.25) is 0 Å². The number of amides is 1. The number of carbonyl (C=O) groups is 2. The van der Waals surface area contributed by atoms with Crippen molar-refractivity contribution in [2.24, 2.45) is 5.92 Å². The van der Waals surface area contributed by atoms with Crippen LogP contribution in [0.1, 0.15) is 27.5 Å². The lowest BCUT2D eigenvalue weighted by molar-refractivity contribution is -0.142. The summed E-state index contributed by atoms with van der Waals surface area (Å²) in [5.41, 5.74) is 5.47. The van der Waals surface area contributed by atoms with E-state index in [1.54, 1.807) is 59.8 Å². The Bertz CT molecular complexity index is 1020. The molecule has 2 unspecified atom stereocenters. The number of phenolic OH excluding ortho intramolecular Hbond substituents is 1. The normalized spacial score (nSPS) is 17.7. The maximum absolute atomic E-state index is 12.7. The number of carboxylic acid groups (broad SMARTS) is 1. The molecule has 0 radical (unpaired) electrons. The van der Waals surface area contributed by atoms with E-state index in [1.165, 1.54) is 6.07 Å². The summed E-state index contributed by atoms with van der Waals surface area (Å²) in [4.78, 5) is 28.3. The molecule has 0 spiro atoms. The van der Waals surface area contributed by atoms with Crippen LogP contribution in [-0.2, 0) is 11.2 Å². The van der Waals surface area contributed by atoms with Gasteiger partial charge in [-0.25, -0.2) is 4.98 Å². The van der Waals surface area contributed by atoms with Crippen molar-refractivity contribution >= 4 is 17.6 Å². The van der Waals surface area contributed by atoms with Crippen LogP contribution in [0.3, 0.4) is 0 Å². The molecule has 0 fully saturated rings. The molecule has 0 bridgehead atoms. The first kappa shape index (κ1) is 17.6. The number of phenols is 1. The number of imidazole rings is 1. The molecule has 4 rings (SSSR count). The molecule has 1 aromatic heterocycles. The minimum Gasteiger partial charge on any atom is -0.508 e. The third-order valence-electron chi connectivity index (χ3n) is 4.86. The largest absolute Gasteiger partial charge is 0.508 e. The minimum atomic E-state index is -1.01. The van der Waals surface area contributed by atoms with Crippen molar-refractivity contribution in [2.75, 3.05) is 5.43 Å². The van der Waals surface area contributed by atoms with Gasteiger partial charge in [0.25, 0.3) is 5.91 Å². The summed E-state index contributed by atoms with van der Waals surface area (Å²) in [6.07, 6.45) is 5.18. The quantitative estimate of drug-likeness (QED) is 0.541. The number of carboxylic acids is 1. The highest BCUT2D eigenvalue weighted by Crippen LogP contribution is 2.40. The first-order valence-electron chi connectivity index (χ1n) is 8.72. The average Bonchev–Trinajstić information content (AvgIpc) is 3.31. The van der Waals surface area contributed by atoms with E-state index in [0.717, 1.165) is 5.69 Å². The number of hydrogen-bond donors (Lipinski definition) is 4. The van der Waals surface area contributed by atoms with Crippen molar-refractivity contribution in [1.82, 2.24) is 15.0 Å². The number of nitrogens with zero attached hydrogens (tertiary/aromatic N) is 2. The van der Waals surface area contributed by atoms with E-state index >= 15 is 0 Å². The van der Waals surface area contributed by atoms with Crippen LogP contribution in [-0.4, -0.2) is 31.7 Å². The molecule has 3 aromatic rings. The molecule has 0 saturated heterocycles. The summed E-state index contributed by atoms with van der Waals surface area (Å²) >= 11 is 0. The first-order chi connectivity index (χ1) is 13.5. The summed E-state index contributed by atoms with van der Waals surface area (Å²) in [6.45, 7) is 0. The second kappa shape index (κ2) is 7.07. The van der Waals surface area contributed by atoms with Crippen molar-refractivity contribution in [3.63, 3.8) is 0 Å². The minimum absolute atomic E-state index is 0.0513. The lowest BCUT2D eigenvalue weighted by Crippen LogP contribution is -2.34. The van der Waals surface area contributed by atoms with Gasteiger partial charge >= 0.3 is 5.97 Å². The lowest BCUT2D eigenvalue weighted by atomic mass is 10.00. The average molecular weight is 378 g/mol. The summed E-state index contributed by atoms with van der Waals surface area (Å²) in [5, 5.41) is 22.4. The maximum Gasteiger partial charge on any atom is 0.309 e. The highest BCUT2D eigenvalue weighted by Gasteiger charge is 2.39. The molecule has 1 heterocycles. The molecule has 1 aliphatic carbocycles. The molecule has 1 aliphatic rings. The maximum atomic E-state index is 12.7. The fourth-order valence-corrected chi connectivity index (χ4v) is 3.46. The number of aromatic hydroxyl groups is 1. The van der Waals surface area contributed by atoms with Gasteiger partial charge in [0.05, 0.1) is 17.6 Å². The molecule has 2 atom stereocenters. The zero-order valence-electron chi connectivity index (χ0n) is 14.7. The number of anilines is 1. The Labute approximate surface area is 160 Å². The van der Waals surface area contributed by atoms with Crippen LogP contribution in [0.15, 0.2) is 61.2 Å². The monoisotopic (exact) mass is 378 g/mol. The van der Waals surface area contributed by atoms with Crippen molar-refractivity contribution in [3.8, 4) is 5.75 Å². The summed E-state index contributed by atoms with van der Waals surface area (Å²) in [6, 6.07) is 11.0. The fourth-order valence-electron chi connectivity index (χ4n) is 3.46. The number of hydrogen-bond acceptors (Lipinski definition) is 5. The van der Waals surface area contributed by atoms with Gasteiger partial charge in [0.2, 0.25) is 0 Å². The van der Waals surface area contributed by atoms with Crippen molar-refractivity contribution in [1.29, 1.82) is 0 Å². The molecular formula is C20H18N4O4. The van der Waals surface area contributed by atoms with Crippen LogP contribution in [0.5, 0.6) is 5.75 Å². The van der Waals surface area contributed by atoms with Gasteiger partial charge in [0, 0.05) is 23.5 Å². The van der Waals surface area contributed by atoms with Crippen molar-refractivity contribution in [3.05, 3.63) is 77.9 Å². The summed E-state index contributed by atoms with van der Waals surface area (Å²) in [5.74, 6) is -2.16. The second-order valence-corrected chi connectivity index (χ2v) is 6.60. The summed E-state index contributed by atoms with van der Waals surface area (Å²) in [7, 11) is 0. The third kappa shape index (κ3) is 3.27. The Hall–Kier alpha value is -3.81. The smallest absolute Gasteiger partial charge is 0.309 e. The van der Waals surface area contributed by atoms with E-state index in [9.17, 15) is 19.8 Å². The number of carbonyl (C=O) groups excluding carboxylic acids is 1. The van der Waals surface area contributed by atoms with E-state index < -0.39 is 17.9 Å². The van der Waals surface area contributed by atoms with Crippen molar-refractivity contribution < 1.29 is 19.8 Å². The standard InChI is InChI=1S/C20H18N4O4/c25-17-3-1-2-14-15(17)10-16(20(27)28)18(14)22-19(26)12-4-6-13(7-5-12)23-24-9-8-21-11-24/h1-9,11,16,18,23,25H,10H2,(H,22,26)(H,27,28). The van der Waals surface area contributed by atoms with Crippen LogP contribution in [0, 0.1) is 5.92 Å². The fraction of sp³-hybridized carbons (Fsp3) is 0.150. The van der Waals surface area contributed by atoms with Crippen LogP contribution < -0.4 is 10.7 Å². The Morgan fingerprint density at radius 2 is 1.93 bits per heavy atom. The Morgan fingerprint density at radius 3 is 2.61 bits per heavy atom. The highest BCUT2D eigenvalue weighted by molar-refractivity contribution is 5.95. The van der Waals surface area contributed by atoms with Crippen molar-refractivity contribution in [2.45, 2.75) is 12.5 Å². The lowest BCUT2D eigenvalue weighted by Gasteiger charge is -2.19. The number of nitrogens with one attached hydrogen (secondary N) is 2. The molecule has 1 amide bonds. The Kier molecular flexibility index (Phi) is 4.44. The number of fused-ring (bicyclic) bond motifs is 1. The molecule has 8 heteroatoms. The summed E-state index contributed by atoms with van der Waals surface area (Å²) < 4.78 is 1.68.